The Kier molecular flexibility index (Phi) is 6.80. The molecule has 8 nitrogen and oxygen atoms in total. The van der Waals surface area contributed by atoms with Crippen molar-refractivity contribution in [1.29, 1.82) is 0 Å². The smallest absolute Gasteiger partial charge is 0.319 e. The molecule has 1 fully saturated rings. The molecule has 2 amide bonds. The average Bonchev–Trinajstić information content (AvgIpc) is 2.70. The van der Waals surface area contributed by atoms with E-state index in [0.29, 0.717) is 24.8 Å². The molecular weight excluding hydrogens is 384 g/mol. The van der Waals surface area contributed by atoms with Gasteiger partial charge in [0.25, 0.3) is 5.69 Å². The van der Waals surface area contributed by atoms with Crippen molar-refractivity contribution in [3.05, 3.63) is 69.2 Å². The van der Waals surface area contributed by atoms with Crippen LogP contribution in [0.1, 0.15) is 11.6 Å². The van der Waals surface area contributed by atoms with Crippen molar-refractivity contribution in [3.63, 3.8) is 0 Å². The number of urea groups is 1. The van der Waals surface area contributed by atoms with Crippen LogP contribution in [0.25, 0.3) is 0 Å². The zero-order valence-corrected chi connectivity index (χ0v) is 15.9. The molecule has 0 saturated carbocycles. The van der Waals surface area contributed by atoms with E-state index in [9.17, 15) is 14.9 Å². The molecule has 1 saturated heterocycles. The Bertz CT molecular complexity index is 842. The number of nitro groups is 1. The van der Waals surface area contributed by atoms with E-state index in [2.05, 4.69) is 15.5 Å². The summed E-state index contributed by atoms with van der Waals surface area (Å²) < 4.78 is 5.42. The van der Waals surface area contributed by atoms with Crippen LogP contribution < -0.4 is 10.6 Å². The Labute approximate surface area is 167 Å². The van der Waals surface area contributed by atoms with Crippen LogP contribution in [0.15, 0.2) is 48.5 Å². The molecule has 1 aliphatic heterocycles. The number of carbonyl (C=O) groups excluding carboxylic acids is 1. The Morgan fingerprint density at radius 3 is 2.57 bits per heavy atom. The summed E-state index contributed by atoms with van der Waals surface area (Å²) >= 11 is 6.38. The van der Waals surface area contributed by atoms with E-state index in [1.165, 1.54) is 12.1 Å². The van der Waals surface area contributed by atoms with Crippen molar-refractivity contribution in [3.8, 4) is 0 Å². The van der Waals surface area contributed by atoms with Gasteiger partial charge in [-0.3, -0.25) is 15.0 Å². The van der Waals surface area contributed by atoms with E-state index in [0.717, 1.165) is 18.7 Å². The zero-order valence-electron chi connectivity index (χ0n) is 15.1. The Balaban J connectivity index is 1.70. The zero-order chi connectivity index (χ0) is 19.9. The summed E-state index contributed by atoms with van der Waals surface area (Å²) in [5, 5.41) is 17.1. The van der Waals surface area contributed by atoms with Crippen LogP contribution in [-0.2, 0) is 4.74 Å². The van der Waals surface area contributed by atoms with Gasteiger partial charge in [-0.1, -0.05) is 41.9 Å². The lowest BCUT2D eigenvalue weighted by molar-refractivity contribution is -0.383. The summed E-state index contributed by atoms with van der Waals surface area (Å²) in [6, 6.07) is 12.9. The minimum absolute atomic E-state index is 0.130. The van der Waals surface area contributed by atoms with E-state index in [4.69, 9.17) is 16.3 Å². The van der Waals surface area contributed by atoms with Crippen LogP contribution in [0.2, 0.25) is 5.02 Å². The fourth-order valence-electron chi connectivity index (χ4n) is 3.16. The molecule has 0 aromatic heterocycles. The Morgan fingerprint density at radius 1 is 1.18 bits per heavy atom. The molecule has 1 heterocycles. The topological polar surface area (TPSA) is 96.7 Å². The van der Waals surface area contributed by atoms with Crippen LogP contribution >= 0.6 is 11.6 Å². The first-order chi connectivity index (χ1) is 13.6. The number of nitro benzene ring substituents is 1. The average molecular weight is 405 g/mol. The number of anilines is 1. The standard InChI is InChI=1S/C19H21ClN4O4/c20-15-6-2-1-5-14(15)18(23-9-11-28-12-10-23)13-21-19(25)22-16-7-3-4-8-17(16)24(26)27/h1-8,18H,9-13H2,(H2,21,22,25)/t18-/m1/s1. The van der Waals surface area contributed by atoms with Crippen molar-refractivity contribution in [1.82, 2.24) is 10.2 Å². The number of rotatable bonds is 6. The quantitative estimate of drug-likeness (QED) is 0.567. The second-order valence-electron chi connectivity index (χ2n) is 6.29. The number of morpholine rings is 1. The van der Waals surface area contributed by atoms with Gasteiger partial charge in [0, 0.05) is 30.7 Å². The molecule has 148 valence electrons. The van der Waals surface area contributed by atoms with Crippen molar-refractivity contribution in [2.24, 2.45) is 0 Å². The monoisotopic (exact) mass is 404 g/mol. The number of nitrogens with one attached hydrogen (secondary N) is 2. The highest BCUT2D eigenvalue weighted by molar-refractivity contribution is 6.31. The highest BCUT2D eigenvalue weighted by atomic mass is 35.5. The van der Waals surface area contributed by atoms with Crippen molar-refractivity contribution in [2.45, 2.75) is 6.04 Å². The molecule has 0 aliphatic carbocycles. The lowest BCUT2D eigenvalue weighted by atomic mass is 10.0. The van der Waals surface area contributed by atoms with E-state index in [1.54, 1.807) is 12.1 Å². The number of halogens is 1. The molecule has 0 spiro atoms. The van der Waals surface area contributed by atoms with Crippen LogP contribution in [0.3, 0.4) is 0 Å². The predicted molar refractivity (Wildman–Crippen MR) is 107 cm³/mol. The summed E-state index contributed by atoms with van der Waals surface area (Å²) in [6.07, 6.45) is 0. The number of benzene rings is 2. The number of hydrogen-bond acceptors (Lipinski definition) is 5. The Hall–Kier alpha value is -2.68. The summed E-state index contributed by atoms with van der Waals surface area (Å²) in [6.45, 7) is 2.98. The first-order valence-electron chi connectivity index (χ1n) is 8.91. The summed E-state index contributed by atoms with van der Waals surface area (Å²) in [5.41, 5.74) is 0.899. The van der Waals surface area contributed by atoms with Gasteiger partial charge in [0.1, 0.15) is 5.69 Å². The third-order valence-corrected chi connectivity index (χ3v) is 4.90. The SMILES string of the molecule is O=C(NC[C@H](c1ccccc1Cl)N1CCOCC1)Nc1ccccc1[N+](=O)[O-]. The van der Waals surface area contributed by atoms with Crippen LogP contribution in [0, 0.1) is 10.1 Å². The molecule has 3 rings (SSSR count). The number of carbonyl (C=O) groups is 1. The number of para-hydroxylation sites is 2. The van der Waals surface area contributed by atoms with Gasteiger partial charge >= 0.3 is 6.03 Å². The fraction of sp³-hybridized carbons (Fsp3) is 0.316. The third kappa shape index (κ3) is 4.98. The maximum Gasteiger partial charge on any atom is 0.319 e. The van der Waals surface area contributed by atoms with Crippen molar-refractivity contribution >= 4 is 29.0 Å². The van der Waals surface area contributed by atoms with Crippen LogP contribution in [-0.4, -0.2) is 48.7 Å². The van der Waals surface area contributed by atoms with Gasteiger partial charge in [-0.25, -0.2) is 4.79 Å². The van der Waals surface area contributed by atoms with Gasteiger partial charge in [0.2, 0.25) is 0 Å². The summed E-state index contributed by atoms with van der Waals surface area (Å²) in [4.78, 5) is 25.1. The number of ether oxygens (including phenoxy) is 1. The van der Waals surface area contributed by atoms with Gasteiger partial charge < -0.3 is 15.4 Å². The van der Waals surface area contributed by atoms with Crippen molar-refractivity contribution in [2.75, 3.05) is 38.2 Å². The molecule has 1 aliphatic rings. The molecule has 2 aromatic carbocycles. The second kappa shape index (κ2) is 9.50. The molecule has 2 aromatic rings. The van der Waals surface area contributed by atoms with Crippen LogP contribution in [0.5, 0.6) is 0 Å². The predicted octanol–water partition coefficient (Wildman–Crippen LogP) is 3.44. The normalized spacial score (nSPS) is 15.6. The lowest BCUT2D eigenvalue weighted by Gasteiger charge is -2.35. The molecule has 0 bridgehead atoms. The van der Waals surface area contributed by atoms with E-state index in [-0.39, 0.29) is 17.4 Å². The van der Waals surface area contributed by atoms with Gasteiger partial charge in [-0.2, -0.15) is 0 Å². The highest BCUT2D eigenvalue weighted by Crippen LogP contribution is 2.28. The number of amides is 2. The van der Waals surface area contributed by atoms with Crippen molar-refractivity contribution < 1.29 is 14.5 Å². The van der Waals surface area contributed by atoms with Crippen LogP contribution in [0.4, 0.5) is 16.2 Å². The molecule has 28 heavy (non-hydrogen) atoms. The minimum atomic E-state index is -0.532. The maximum atomic E-state index is 12.4. The van der Waals surface area contributed by atoms with E-state index >= 15 is 0 Å². The molecule has 0 unspecified atom stereocenters. The first-order valence-corrected chi connectivity index (χ1v) is 9.28. The van der Waals surface area contributed by atoms with Gasteiger partial charge in [0.05, 0.1) is 24.2 Å². The molecule has 1 atom stereocenters. The highest BCUT2D eigenvalue weighted by Gasteiger charge is 2.25. The van der Waals surface area contributed by atoms with Gasteiger partial charge in [-0.05, 0) is 17.7 Å². The fourth-order valence-corrected chi connectivity index (χ4v) is 3.43. The third-order valence-electron chi connectivity index (χ3n) is 4.56. The maximum absolute atomic E-state index is 12.4. The molecular formula is C19H21ClN4O4. The van der Waals surface area contributed by atoms with Gasteiger partial charge in [0.15, 0.2) is 0 Å². The molecule has 2 N–H and O–H groups in total. The molecule has 0 radical (unpaired) electrons. The number of hydrogen-bond donors (Lipinski definition) is 2. The largest absolute Gasteiger partial charge is 0.379 e. The summed E-state index contributed by atoms with van der Waals surface area (Å²) in [5.74, 6) is 0. The Morgan fingerprint density at radius 2 is 1.86 bits per heavy atom. The van der Waals surface area contributed by atoms with E-state index in [1.807, 2.05) is 24.3 Å². The molecule has 9 heteroatoms. The first kappa shape index (κ1) is 20.1. The minimum Gasteiger partial charge on any atom is -0.379 e. The van der Waals surface area contributed by atoms with Gasteiger partial charge in [-0.15, -0.1) is 0 Å². The van der Waals surface area contributed by atoms with E-state index < -0.39 is 11.0 Å². The lowest BCUT2D eigenvalue weighted by Crippen LogP contribution is -2.44. The summed E-state index contributed by atoms with van der Waals surface area (Å²) in [7, 11) is 0. The second-order valence-corrected chi connectivity index (χ2v) is 6.70. The number of nitrogens with zero attached hydrogens (tertiary/aromatic N) is 2.